The van der Waals surface area contributed by atoms with Crippen molar-refractivity contribution >= 4 is 27.4 Å². The minimum Gasteiger partial charge on any atom is -0.384 e. The number of sulfone groups is 1. The van der Waals surface area contributed by atoms with Crippen molar-refractivity contribution in [2.24, 2.45) is 0 Å². The summed E-state index contributed by atoms with van der Waals surface area (Å²) < 4.78 is 25.7. The molecule has 9 heteroatoms. The normalized spacial score (nSPS) is 16.8. The number of nitrogens with one attached hydrogen (secondary N) is 1. The van der Waals surface area contributed by atoms with E-state index in [2.05, 4.69) is 15.3 Å². The van der Waals surface area contributed by atoms with Crippen molar-refractivity contribution in [1.82, 2.24) is 14.9 Å². The standard InChI is InChI=1S/C24H25N5O3S/c1-29(18-11-12-18)23(30)26-17-9-7-16(8-10-17)22-27-20(15-21(25)28-22)24(13-14-24)33(31,32)19-5-3-2-4-6-19/h2-10,15,18H,11-14H2,1H3,(H,26,30)(H2,25,27,28). The predicted molar refractivity (Wildman–Crippen MR) is 126 cm³/mol. The van der Waals surface area contributed by atoms with Gasteiger partial charge in [0, 0.05) is 30.4 Å². The molecule has 5 rings (SSSR count). The molecule has 8 nitrogen and oxygen atoms in total. The van der Waals surface area contributed by atoms with Crippen LogP contribution in [-0.2, 0) is 14.6 Å². The van der Waals surface area contributed by atoms with Crippen molar-refractivity contribution in [3.63, 3.8) is 0 Å². The molecule has 2 amide bonds. The highest BCUT2D eigenvalue weighted by Crippen LogP contribution is 2.54. The lowest BCUT2D eigenvalue weighted by Gasteiger charge is -2.18. The number of hydrogen-bond donors (Lipinski definition) is 2. The first-order chi connectivity index (χ1) is 15.8. The molecule has 0 atom stereocenters. The average molecular weight is 464 g/mol. The number of rotatable bonds is 6. The molecule has 2 aliphatic carbocycles. The van der Waals surface area contributed by atoms with Gasteiger partial charge >= 0.3 is 6.03 Å². The van der Waals surface area contributed by atoms with E-state index in [1.54, 1.807) is 72.6 Å². The van der Waals surface area contributed by atoms with Crippen LogP contribution in [0.3, 0.4) is 0 Å². The van der Waals surface area contributed by atoms with Crippen LogP contribution in [0.2, 0.25) is 0 Å². The van der Waals surface area contributed by atoms with E-state index in [9.17, 15) is 13.2 Å². The number of benzene rings is 2. The van der Waals surface area contributed by atoms with Gasteiger partial charge in [0.2, 0.25) is 0 Å². The van der Waals surface area contributed by atoms with Gasteiger partial charge in [-0.05, 0) is 62.1 Å². The average Bonchev–Trinajstić information content (AvgIpc) is 3.72. The zero-order valence-electron chi connectivity index (χ0n) is 18.2. The second-order valence-corrected chi connectivity index (χ2v) is 10.9. The van der Waals surface area contributed by atoms with Crippen LogP contribution in [0.25, 0.3) is 11.4 Å². The molecule has 0 unspecified atom stereocenters. The minimum atomic E-state index is -3.62. The number of nitrogens with two attached hydrogens (primary N) is 1. The van der Waals surface area contributed by atoms with E-state index >= 15 is 0 Å². The van der Waals surface area contributed by atoms with Crippen LogP contribution in [0.5, 0.6) is 0 Å². The second kappa shape index (κ2) is 7.84. The summed E-state index contributed by atoms with van der Waals surface area (Å²) in [6.45, 7) is 0. The number of nitrogen functional groups attached to an aromatic ring is 1. The maximum absolute atomic E-state index is 13.4. The van der Waals surface area contributed by atoms with Crippen molar-refractivity contribution in [1.29, 1.82) is 0 Å². The summed E-state index contributed by atoms with van der Waals surface area (Å²) >= 11 is 0. The van der Waals surface area contributed by atoms with Gasteiger partial charge in [0.25, 0.3) is 0 Å². The van der Waals surface area contributed by atoms with E-state index in [-0.39, 0.29) is 16.7 Å². The number of hydrogen-bond acceptors (Lipinski definition) is 6. The van der Waals surface area contributed by atoms with Crippen molar-refractivity contribution in [2.45, 2.75) is 41.4 Å². The van der Waals surface area contributed by atoms with Crippen LogP contribution in [0.1, 0.15) is 31.4 Å². The third kappa shape index (κ3) is 3.93. The number of carbonyl (C=O) groups is 1. The summed E-state index contributed by atoms with van der Waals surface area (Å²) in [5.74, 6) is 0.570. The summed E-state index contributed by atoms with van der Waals surface area (Å²) in [6.07, 6.45) is 3.05. The molecule has 3 aromatic rings. The Balaban J connectivity index is 1.42. The monoisotopic (exact) mass is 463 g/mol. The van der Waals surface area contributed by atoms with Crippen molar-refractivity contribution in [2.75, 3.05) is 18.1 Å². The topological polar surface area (TPSA) is 118 Å². The molecule has 2 saturated carbocycles. The molecule has 2 fully saturated rings. The highest BCUT2D eigenvalue weighted by atomic mass is 32.2. The lowest BCUT2D eigenvalue weighted by Crippen LogP contribution is -2.32. The Morgan fingerprint density at radius 2 is 1.73 bits per heavy atom. The Morgan fingerprint density at radius 1 is 1.06 bits per heavy atom. The van der Waals surface area contributed by atoms with E-state index in [1.807, 2.05) is 0 Å². The van der Waals surface area contributed by atoms with E-state index in [0.717, 1.165) is 12.8 Å². The highest BCUT2D eigenvalue weighted by Gasteiger charge is 2.57. The molecule has 0 spiro atoms. The number of aromatic nitrogens is 2. The summed E-state index contributed by atoms with van der Waals surface area (Å²) in [5.41, 5.74) is 7.82. The molecular formula is C24H25N5O3S. The first-order valence-corrected chi connectivity index (χ1v) is 12.4. The first kappa shape index (κ1) is 21.4. The highest BCUT2D eigenvalue weighted by molar-refractivity contribution is 7.92. The van der Waals surface area contributed by atoms with Gasteiger partial charge in [-0.15, -0.1) is 0 Å². The van der Waals surface area contributed by atoms with Gasteiger partial charge in [0.15, 0.2) is 15.7 Å². The second-order valence-electron chi connectivity index (χ2n) is 8.66. The molecule has 0 aliphatic heterocycles. The van der Waals surface area contributed by atoms with Gasteiger partial charge in [-0.1, -0.05) is 18.2 Å². The lowest BCUT2D eigenvalue weighted by atomic mass is 10.1. The van der Waals surface area contributed by atoms with E-state index in [1.165, 1.54) is 0 Å². The summed E-state index contributed by atoms with van der Waals surface area (Å²) in [6, 6.07) is 17.3. The number of nitrogens with zero attached hydrogens (tertiary/aromatic N) is 3. The van der Waals surface area contributed by atoms with Crippen molar-refractivity contribution in [3.8, 4) is 11.4 Å². The van der Waals surface area contributed by atoms with Gasteiger partial charge in [0.1, 0.15) is 10.6 Å². The Morgan fingerprint density at radius 3 is 2.33 bits per heavy atom. The third-order valence-electron chi connectivity index (χ3n) is 6.29. The molecule has 33 heavy (non-hydrogen) atoms. The molecule has 1 aromatic heterocycles. The molecular weight excluding hydrogens is 438 g/mol. The Hall–Kier alpha value is -3.46. The fraction of sp³-hybridized carbons (Fsp3) is 0.292. The molecule has 170 valence electrons. The van der Waals surface area contributed by atoms with Gasteiger partial charge in [-0.25, -0.2) is 23.2 Å². The number of carbonyl (C=O) groups excluding carboxylic acids is 1. The third-order valence-corrected chi connectivity index (χ3v) is 8.83. The van der Waals surface area contributed by atoms with Crippen molar-refractivity contribution in [3.05, 3.63) is 66.4 Å². The number of anilines is 2. The zero-order valence-corrected chi connectivity index (χ0v) is 19.0. The number of amides is 2. The Kier molecular flexibility index (Phi) is 5.08. The van der Waals surface area contributed by atoms with Crippen LogP contribution in [0, 0.1) is 0 Å². The van der Waals surface area contributed by atoms with Crippen LogP contribution in [0.4, 0.5) is 16.3 Å². The van der Waals surface area contributed by atoms with E-state index < -0.39 is 14.6 Å². The fourth-order valence-corrected chi connectivity index (χ4v) is 5.96. The predicted octanol–water partition coefficient (Wildman–Crippen LogP) is 3.81. The van der Waals surface area contributed by atoms with Crippen molar-refractivity contribution < 1.29 is 13.2 Å². The SMILES string of the molecule is CN(C(=O)Nc1ccc(-c2nc(N)cc(C3(S(=O)(=O)c4ccccc4)CC3)n2)cc1)C1CC1. The van der Waals surface area contributed by atoms with Gasteiger partial charge in [-0.3, -0.25) is 0 Å². The largest absolute Gasteiger partial charge is 0.384 e. The zero-order chi connectivity index (χ0) is 23.2. The first-order valence-electron chi connectivity index (χ1n) is 10.9. The lowest BCUT2D eigenvalue weighted by molar-refractivity contribution is 0.220. The Bertz CT molecular complexity index is 1300. The number of urea groups is 1. The van der Waals surface area contributed by atoms with Crippen LogP contribution in [-0.4, -0.2) is 42.4 Å². The van der Waals surface area contributed by atoms with Crippen LogP contribution in [0.15, 0.2) is 65.6 Å². The molecule has 2 aliphatic rings. The maximum Gasteiger partial charge on any atom is 0.321 e. The molecule has 0 radical (unpaired) electrons. The molecule has 0 saturated heterocycles. The maximum atomic E-state index is 13.4. The van der Waals surface area contributed by atoms with Gasteiger partial charge in [0.05, 0.1) is 10.6 Å². The molecule has 3 N–H and O–H groups in total. The smallest absolute Gasteiger partial charge is 0.321 e. The van der Waals surface area contributed by atoms with Gasteiger partial charge in [-0.2, -0.15) is 0 Å². The van der Waals surface area contributed by atoms with E-state index in [4.69, 9.17) is 5.73 Å². The molecule has 0 bridgehead atoms. The van der Waals surface area contributed by atoms with Crippen LogP contribution < -0.4 is 11.1 Å². The van der Waals surface area contributed by atoms with Gasteiger partial charge < -0.3 is 16.0 Å². The fourth-order valence-electron chi connectivity index (χ4n) is 3.97. The minimum absolute atomic E-state index is 0.144. The summed E-state index contributed by atoms with van der Waals surface area (Å²) in [4.78, 5) is 23.2. The Labute approximate surface area is 192 Å². The van der Waals surface area contributed by atoms with Crippen LogP contribution >= 0.6 is 0 Å². The molecule has 2 aromatic carbocycles. The molecule has 1 heterocycles. The summed E-state index contributed by atoms with van der Waals surface area (Å²) in [7, 11) is -1.83. The summed E-state index contributed by atoms with van der Waals surface area (Å²) in [5, 5.41) is 2.88. The quantitative estimate of drug-likeness (QED) is 0.574. The van der Waals surface area contributed by atoms with E-state index in [0.29, 0.717) is 41.7 Å².